The maximum atomic E-state index is 12.6. The van der Waals surface area contributed by atoms with Crippen molar-refractivity contribution in [2.24, 2.45) is 11.8 Å². The summed E-state index contributed by atoms with van der Waals surface area (Å²) in [6.07, 6.45) is 5.27. The van der Waals surface area contributed by atoms with Crippen molar-refractivity contribution in [3.05, 3.63) is 41.0 Å². The van der Waals surface area contributed by atoms with Crippen molar-refractivity contribution in [1.82, 2.24) is 10.2 Å². The minimum atomic E-state index is -0.249. The Morgan fingerprint density at radius 1 is 1.10 bits per heavy atom. The van der Waals surface area contributed by atoms with Gasteiger partial charge in [0.15, 0.2) is 0 Å². The van der Waals surface area contributed by atoms with Gasteiger partial charge >= 0.3 is 0 Å². The summed E-state index contributed by atoms with van der Waals surface area (Å²) in [6, 6.07) is 3.91. The lowest BCUT2D eigenvalue weighted by Gasteiger charge is -2.21. The molecule has 3 rings (SSSR count). The van der Waals surface area contributed by atoms with Crippen molar-refractivity contribution in [3.8, 4) is 5.75 Å². The van der Waals surface area contributed by atoms with Crippen LogP contribution in [0.25, 0.3) is 0 Å². The number of benzene rings is 1. The van der Waals surface area contributed by atoms with E-state index in [0.717, 1.165) is 22.4 Å². The van der Waals surface area contributed by atoms with Crippen LogP contribution in [-0.4, -0.2) is 36.3 Å². The van der Waals surface area contributed by atoms with Crippen LogP contribution in [0.3, 0.4) is 0 Å². The number of allylic oxidation sites excluding steroid dienone is 2. The lowest BCUT2D eigenvalue weighted by Crippen LogP contribution is -2.36. The van der Waals surface area contributed by atoms with Gasteiger partial charge in [-0.05, 0) is 61.4 Å². The highest BCUT2D eigenvalue weighted by Crippen LogP contribution is 2.35. The first-order valence-corrected chi connectivity index (χ1v) is 10.7. The first-order valence-electron chi connectivity index (χ1n) is 10.7. The summed E-state index contributed by atoms with van der Waals surface area (Å²) in [5.74, 6) is 0.212. The van der Waals surface area contributed by atoms with E-state index >= 15 is 0 Å². The molecular formula is C24H32N2O4. The van der Waals surface area contributed by atoms with E-state index in [1.165, 1.54) is 4.90 Å². The molecule has 162 valence electrons. The number of aryl methyl sites for hydroxylation is 1. The average molecular weight is 413 g/mol. The molecule has 0 spiro atoms. The predicted octanol–water partition coefficient (Wildman–Crippen LogP) is 3.65. The van der Waals surface area contributed by atoms with E-state index in [9.17, 15) is 14.4 Å². The second kappa shape index (κ2) is 9.02. The van der Waals surface area contributed by atoms with Crippen LogP contribution in [-0.2, 0) is 14.4 Å². The highest BCUT2D eigenvalue weighted by molar-refractivity contribution is 6.05. The zero-order chi connectivity index (χ0) is 22.0. The van der Waals surface area contributed by atoms with E-state index in [1.807, 2.05) is 32.1 Å². The van der Waals surface area contributed by atoms with Crippen molar-refractivity contribution >= 4 is 17.7 Å². The maximum absolute atomic E-state index is 12.6. The molecule has 3 amide bonds. The summed E-state index contributed by atoms with van der Waals surface area (Å²) in [7, 11) is 1.67. The van der Waals surface area contributed by atoms with Crippen molar-refractivity contribution in [2.45, 2.75) is 58.9 Å². The van der Waals surface area contributed by atoms with E-state index in [1.54, 1.807) is 7.11 Å². The number of carbonyl (C=O) groups is 3. The molecule has 0 bridgehead atoms. The molecule has 0 aromatic heterocycles. The second-order valence-corrected chi connectivity index (χ2v) is 8.63. The third-order valence-corrected chi connectivity index (χ3v) is 6.25. The maximum Gasteiger partial charge on any atom is 0.233 e. The average Bonchev–Trinajstić information content (AvgIpc) is 2.96. The molecule has 1 aromatic rings. The van der Waals surface area contributed by atoms with Gasteiger partial charge in [0.1, 0.15) is 5.75 Å². The van der Waals surface area contributed by atoms with Crippen molar-refractivity contribution in [3.63, 3.8) is 0 Å². The number of methoxy groups -OCH3 is 1. The fraction of sp³-hybridized carbons (Fsp3) is 0.542. The van der Waals surface area contributed by atoms with Crippen LogP contribution in [0, 0.1) is 18.8 Å². The third kappa shape index (κ3) is 4.27. The van der Waals surface area contributed by atoms with Crippen LogP contribution in [0.2, 0.25) is 0 Å². The molecule has 0 saturated carbocycles. The Bertz CT molecular complexity index is 848. The molecule has 1 aliphatic heterocycles. The van der Waals surface area contributed by atoms with Gasteiger partial charge in [0.2, 0.25) is 17.7 Å². The Balaban J connectivity index is 1.62. The molecule has 6 heteroatoms. The highest BCUT2D eigenvalue weighted by Gasteiger charge is 2.46. The summed E-state index contributed by atoms with van der Waals surface area (Å²) in [5, 5.41) is 3.02. The topological polar surface area (TPSA) is 75.7 Å². The Morgan fingerprint density at radius 2 is 1.70 bits per heavy atom. The number of imide groups is 1. The van der Waals surface area contributed by atoms with Crippen LogP contribution in [0.1, 0.15) is 68.7 Å². The molecule has 1 heterocycles. The fourth-order valence-corrected chi connectivity index (χ4v) is 4.50. The van der Waals surface area contributed by atoms with E-state index in [4.69, 9.17) is 4.74 Å². The molecular weight excluding hydrogens is 380 g/mol. The monoisotopic (exact) mass is 412 g/mol. The zero-order valence-electron chi connectivity index (χ0n) is 18.5. The van der Waals surface area contributed by atoms with Crippen LogP contribution in [0.15, 0.2) is 24.3 Å². The van der Waals surface area contributed by atoms with Gasteiger partial charge in [-0.2, -0.15) is 0 Å². The lowest BCUT2D eigenvalue weighted by atomic mass is 9.85. The molecule has 1 fully saturated rings. The summed E-state index contributed by atoms with van der Waals surface area (Å²) >= 11 is 0. The first-order chi connectivity index (χ1) is 14.2. The molecule has 3 atom stereocenters. The van der Waals surface area contributed by atoms with Crippen LogP contribution >= 0.6 is 0 Å². The van der Waals surface area contributed by atoms with E-state index < -0.39 is 0 Å². The molecule has 1 aliphatic carbocycles. The molecule has 30 heavy (non-hydrogen) atoms. The van der Waals surface area contributed by atoms with Crippen molar-refractivity contribution in [1.29, 1.82) is 0 Å². The molecule has 1 saturated heterocycles. The van der Waals surface area contributed by atoms with Crippen molar-refractivity contribution < 1.29 is 19.1 Å². The third-order valence-electron chi connectivity index (χ3n) is 6.25. The Morgan fingerprint density at radius 3 is 2.23 bits per heavy atom. The Labute approximate surface area is 178 Å². The van der Waals surface area contributed by atoms with Gasteiger partial charge in [-0.1, -0.05) is 26.0 Å². The molecule has 1 aromatic carbocycles. The molecule has 1 N–H and O–H groups in total. The summed E-state index contributed by atoms with van der Waals surface area (Å²) < 4.78 is 5.50. The van der Waals surface area contributed by atoms with Gasteiger partial charge in [0.25, 0.3) is 0 Å². The van der Waals surface area contributed by atoms with Crippen LogP contribution in [0.5, 0.6) is 5.75 Å². The largest absolute Gasteiger partial charge is 0.496 e. The number of likely N-dealkylation sites (tertiary alicyclic amines) is 1. The molecule has 6 nitrogen and oxygen atoms in total. The Hall–Kier alpha value is -2.63. The number of nitrogens with one attached hydrogen (secondary N) is 1. The van der Waals surface area contributed by atoms with Gasteiger partial charge in [-0.25, -0.2) is 0 Å². The number of fused-ring (bicyclic) bond motifs is 1. The van der Waals surface area contributed by atoms with E-state index in [2.05, 4.69) is 25.2 Å². The van der Waals surface area contributed by atoms with Gasteiger partial charge in [-0.15, -0.1) is 0 Å². The number of amides is 3. The van der Waals surface area contributed by atoms with Gasteiger partial charge < -0.3 is 10.1 Å². The van der Waals surface area contributed by atoms with Crippen molar-refractivity contribution in [2.75, 3.05) is 13.7 Å². The van der Waals surface area contributed by atoms with Gasteiger partial charge in [0.05, 0.1) is 25.0 Å². The Kier molecular flexibility index (Phi) is 6.64. The van der Waals surface area contributed by atoms with Gasteiger partial charge in [0, 0.05) is 13.0 Å². The highest BCUT2D eigenvalue weighted by atomic mass is 16.5. The SMILES string of the molecule is COc1cc(C)c(C(C)NC(=O)CCN2C(=O)[C@H]3CC=CC[C@H]3C2=O)cc1C(C)C. The minimum Gasteiger partial charge on any atom is -0.496 e. The summed E-state index contributed by atoms with van der Waals surface area (Å²) in [4.78, 5) is 38.9. The smallest absolute Gasteiger partial charge is 0.233 e. The number of nitrogens with zero attached hydrogens (tertiary/aromatic N) is 1. The molecule has 0 radical (unpaired) electrons. The first kappa shape index (κ1) is 22.1. The minimum absolute atomic E-state index is 0.112. The number of hydrogen-bond acceptors (Lipinski definition) is 4. The molecule has 2 aliphatic rings. The predicted molar refractivity (Wildman–Crippen MR) is 115 cm³/mol. The summed E-state index contributed by atoms with van der Waals surface area (Å²) in [6.45, 7) is 8.31. The lowest BCUT2D eigenvalue weighted by molar-refractivity contribution is -0.140. The van der Waals surface area contributed by atoms with Gasteiger partial charge in [-0.3, -0.25) is 19.3 Å². The number of ether oxygens (including phenoxy) is 1. The van der Waals surface area contributed by atoms with E-state index in [-0.39, 0.29) is 48.6 Å². The quantitative estimate of drug-likeness (QED) is 0.548. The van der Waals surface area contributed by atoms with E-state index in [0.29, 0.717) is 18.8 Å². The summed E-state index contributed by atoms with van der Waals surface area (Å²) in [5.41, 5.74) is 3.19. The zero-order valence-corrected chi connectivity index (χ0v) is 18.5. The normalized spacial score (nSPS) is 21.7. The number of rotatable bonds is 7. The fourth-order valence-electron chi connectivity index (χ4n) is 4.50. The number of carbonyl (C=O) groups excluding carboxylic acids is 3. The van der Waals surface area contributed by atoms with Crippen LogP contribution < -0.4 is 10.1 Å². The second-order valence-electron chi connectivity index (χ2n) is 8.63. The number of hydrogen-bond donors (Lipinski definition) is 1. The molecule has 1 unspecified atom stereocenters. The standard InChI is InChI=1S/C24H32N2O4/c1-14(2)19-13-20(15(3)12-21(19)30-5)16(4)25-22(27)10-11-26-23(28)17-8-6-7-9-18(17)24(26)29/h6-7,12-14,16-18H,8-11H2,1-5H3,(H,25,27)/t16?,17-,18+. The van der Waals surface area contributed by atoms with Crippen LogP contribution in [0.4, 0.5) is 0 Å².